The first-order valence-corrected chi connectivity index (χ1v) is 8.03. The highest BCUT2D eigenvalue weighted by Gasteiger charge is 2.71. The molecule has 1 fully saturated rings. The third-order valence-corrected chi connectivity index (χ3v) is 7.46. The Bertz CT molecular complexity index is 269. The largest absolute Gasteiger partial charge is 0.470 e. The predicted molar refractivity (Wildman–Crippen MR) is 52.1 cm³/mol. The number of carbonyl (C=O) groups is 1. The molecule has 1 aliphatic carbocycles. The van der Waals surface area contributed by atoms with Crippen molar-refractivity contribution < 1.29 is 22.7 Å². The zero-order chi connectivity index (χ0) is 11.9. The Balaban J connectivity index is 2.73. The number of carbonyl (C=O) groups excluding carboxylic acids is 1. The Morgan fingerprint density at radius 2 is 1.87 bits per heavy atom. The Hall–Kier alpha value is -0.523. The molecule has 0 aromatic carbocycles. The Morgan fingerprint density at radius 1 is 1.40 bits per heavy atom. The lowest BCUT2D eigenvalue weighted by atomic mass is 10.4. The Kier molecular flexibility index (Phi) is 2.93. The van der Waals surface area contributed by atoms with Crippen LogP contribution in [0.5, 0.6) is 0 Å². The minimum absolute atomic E-state index is 0.0398. The molecule has 0 N–H and O–H groups in total. The van der Waals surface area contributed by atoms with Gasteiger partial charge in [-0.2, -0.15) is 13.2 Å². The highest BCUT2D eigenvalue weighted by molar-refractivity contribution is 6.81. The molecule has 1 rings (SSSR count). The van der Waals surface area contributed by atoms with E-state index < -0.39 is 25.3 Å². The van der Waals surface area contributed by atoms with Crippen LogP contribution in [0.1, 0.15) is 19.8 Å². The summed E-state index contributed by atoms with van der Waals surface area (Å²) in [5.41, 5.74) is 0. The number of esters is 1. The summed E-state index contributed by atoms with van der Waals surface area (Å²) in [7, 11) is -2.59. The van der Waals surface area contributed by atoms with Crippen LogP contribution in [-0.2, 0) is 9.53 Å². The monoisotopic (exact) mass is 240 g/mol. The molecule has 0 heterocycles. The minimum atomic E-state index is -4.15. The van der Waals surface area contributed by atoms with Gasteiger partial charge in [0.25, 0.3) is 0 Å². The van der Waals surface area contributed by atoms with Crippen LogP contribution in [0.4, 0.5) is 13.2 Å². The molecule has 6 heteroatoms. The number of alkyl halides is 3. The molecule has 0 aromatic heterocycles. The molecule has 0 amide bonds. The van der Waals surface area contributed by atoms with Crippen molar-refractivity contribution in [1.29, 1.82) is 0 Å². The maximum atomic E-state index is 12.8. The third-order valence-electron chi connectivity index (χ3n) is 3.22. The fourth-order valence-corrected chi connectivity index (χ4v) is 4.98. The van der Waals surface area contributed by atoms with Gasteiger partial charge < -0.3 is 4.74 Å². The van der Waals surface area contributed by atoms with E-state index in [1.807, 2.05) is 0 Å². The number of ether oxygens (including phenoxy) is 1. The van der Waals surface area contributed by atoms with Crippen molar-refractivity contribution in [3.05, 3.63) is 0 Å². The van der Waals surface area contributed by atoms with E-state index in [4.69, 9.17) is 4.74 Å². The number of hydrogen-bond acceptors (Lipinski definition) is 2. The maximum absolute atomic E-state index is 12.8. The van der Waals surface area contributed by atoms with Crippen LogP contribution in [0.2, 0.25) is 18.1 Å². The quantitative estimate of drug-likeness (QED) is 0.560. The summed E-state index contributed by atoms with van der Waals surface area (Å²) >= 11 is 0. The minimum Gasteiger partial charge on any atom is -0.470 e. The lowest BCUT2D eigenvalue weighted by molar-refractivity contribution is -0.146. The average molecular weight is 240 g/mol. The number of hydrogen-bond donors (Lipinski definition) is 0. The predicted octanol–water partition coefficient (Wildman–Crippen LogP) is 2.89. The molecule has 1 saturated carbocycles. The van der Waals surface area contributed by atoms with Gasteiger partial charge in [0.05, 0.1) is 11.3 Å². The molecule has 1 aliphatic rings. The van der Waals surface area contributed by atoms with E-state index in [9.17, 15) is 18.0 Å². The fraction of sp³-hybridized carbons (Fsp3) is 0.889. The van der Waals surface area contributed by atoms with Gasteiger partial charge in [-0.3, -0.25) is 4.79 Å². The molecule has 0 atom stereocenters. The van der Waals surface area contributed by atoms with E-state index in [1.54, 1.807) is 13.1 Å². The van der Waals surface area contributed by atoms with Crippen molar-refractivity contribution in [1.82, 2.24) is 0 Å². The van der Waals surface area contributed by atoms with Crippen LogP contribution >= 0.6 is 0 Å². The molecule has 0 spiro atoms. The molecule has 0 bridgehead atoms. The summed E-state index contributed by atoms with van der Waals surface area (Å²) in [6, 6.07) is 0. The van der Waals surface area contributed by atoms with Crippen LogP contribution in [0.25, 0.3) is 0 Å². The molecule has 0 aliphatic heterocycles. The van der Waals surface area contributed by atoms with Crippen LogP contribution in [0.3, 0.4) is 0 Å². The Labute approximate surface area is 87.8 Å². The number of rotatable bonds is 3. The van der Waals surface area contributed by atoms with E-state index in [0.717, 1.165) is 0 Å². The SMILES string of the molecule is CC(=O)OC[Si](C)(C)C1(C(F)(F)F)CC1. The van der Waals surface area contributed by atoms with Gasteiger partial charge in [-0.15, -0.1) is 0 Å². The second-order valence-corrected chi connectivity index (χ2v) is 9.76. The molecule has 88 valence electrons. The van der Waals surface area contributed by atoms with Gasteiger partial charge in [0.2, 0.25) is 0 Å². The van der Waals surface area contributed by atoms with Crippen LogP contribution in [0.15, 0.2) is 0 Å². The van der Waals surface area contributed by atoms with Crippen molar-refractivity contribution in [2.24, 2.45) is 0 Å². The summed E-state index contributed by atoms with van der Waals surface area (Å²) in [6.07, 6.45) is -3.81. The van der Waals surface area contributed by atoms with Gasteiger partial charge in [-0.1, -0.05) is 13.1 Å². The molecule has 2 nitrogen and oxygen atoms in total. The zero-order valence-corrected chi connectivity index (χ0v) is 10.1. The first kappa shape index (κ1) is 12.5. The molecular formula is C9H15F3O2Si. The van der Waals surface area contributed by atoms with E-state index in [-0.39, 0.29) is 19.1 Å². The molecule has 15 heavy (non-hydrogen) atoms. The molecule has 0 aromatic rings. The van der Waals surface area contributed by atoms with Gasteiger partial charge >= 0.3 is 12.1 Å². The zero-order valence-electron chi connectivity index (χ0n) is 9.07. The van der Waals surface area contributed by atoms with Crippen molar-refractivity contribution in [3.8, 4) is 0 Å². The molecule has 0 radical (unpaired) electrons. The van der Waals surface area contributed by atoms with Gasteiger partial charge in [-0.05, 0) is 12.8 Å². The molecule has 0 saturated heterocycles. The third kappa shape index (κ3) is 2.19. The summed E-state index contributed by atoms with van der Waals surface area (Å²) in [4.78, 5) is 10.6. The first-order chi connectivity index (χ1) is 6.62. The average Bonchev–Trinajstić information content (AvgIpc) is 2.78. The van der Waals surface area contributed by atoms with Gasteiger partial charge in [0.15, 0.2) is 0 Å². The Morgan fingerprint density at radius 3 is 2.13 bits per heavy atom. The van der Waals surface area contributed by atoms with Crippen molar-refractivity contribution >= 4 is 14.0 Å². The summed E-state index contributed by atoms with van der Waals surface area (Å²) in [6.45, 7) is 4.49. The lowest BCUT2D eigenvalue weighted by Crippen LogP contribution is -2.47. The second-order valence-electron chi connectivity index (χ2n) is 4.74. The molecule has 0 unspecified atom stereocenters. The van der Waals surface area contributed by atoms with Crippen molar-refractivity contribution in [3.63, 3.8) is 0 Å². The highest BCUT2D eigenvalue weighted by atomic mass is 28.3. The highest BCUT2D eigenvalue weighted by Crippen LogP contribution is 2.69. The lowest BCUT2D eigenvalue weighted by Gasteiger charge is -2.33. The van der Waals surface area contributed by atoms with E-state index in [2.05, 4.69) is 0 Å². The van der Waals surface area contributed by atoms with Gasteiger partial charge in [0, 0.05) is 6.92 Å². The molecular weight excluding hydrogens is 225 g/mol. The smallest absolute Gasteiger partial charge is 0.392 e. The second kappa shape index (κ2) is 3.50. The van der Waals surface area contributed by atoms with Crippen LogP contribution < -0.4 is 0 Å². The van der Waals surface area contributed by atoms with Gasteiger partial charge in [0.1, 0.15) is 8.07 Å². The normalized spacial score (nSPS) is 19.9. The summed E-state index contributed by atoms with van der Waals surface area (Å²) < 4.78 is 43.2. The fourth-order valence-electron chi connectivity index (χ4n) is 1.89. The van der Waals surface area contributed by atoms with E-state index >= 15 is 0 Å². The van der Waals surface area contributed by atoms with Crippen LogP contribution in [-0.4, -0.2) is 26.4 Å². The summed E-state index contributed by atoms with van der Waals surface area (Å²) in [5, 5.41) is -1.52. The van der Waals surface area contributed by atoms with E-state index in [1.165, 1.54) is 6.92 Å². The van der Waals surface area contributed by atoms with Gasteiger partial charge in [-0.25, -0.2) is 0 Å². The number of halogens is 3. The van der Waals surface area contributed by atoms with E-state index in [0.29, 0.717) is 0 Å². The maximum Gasteiger partial charge on any atom is 0.392 e. The standard InChI is InChI=1S/C9H15F3O2Si/c1-7(13)14-6-15(2,3)8(4-5-8)9(10,11)12/h4-6H2,1-3H3. The topological polar surface area (TPSA) is 26.3 Å². The van der Waals surface area contributed by atoms with Crippen molar-refractivity contribution in [2.75, 3.05) is 6.23 Å². The van der Waals surface area contributed by atoms with Crippen molar-refractivity contribution in [2.45, 2.75) is 44.1 Å². The van der Waals surface area contributed by atoms with Crippen LogP contribution in [0, 0.1) is 0 Å². The first-order valence-electron chi connectivity index (χ1n) is 4.82. The summed E-state index contributed by atoms with van der Waals surface area (Å²) in [5.74, 6) is -0.506.